The quantitative estimate of drug-likeness (QED) is 0.689. The van der Waals surface area contributed by atoms with Crippen LogP contribution in [0.15, 0.2) is 23.1 Å². The molecule has 0 spiro atoms. The number of benzene rings is 1. The van der Waals surface area contributed by atoms with E-state index in [1.807, 2.05) is 0 Å². The molecule has 0 radical (unpaired) electrons. The fourth-order valence-electron chi connectivity index (χ4n) is 1.45. The summed E-state index contributed by atoms with van der Waals surface area (Å²) < 4.78 is 44.1. The number of alkyl halides is 1. The van der Waals surface area contributed by atoms with Crippen LogP contribution in [0.5, 0.6) is 0 Å². The third kappa shape index (κ3) is 4.39. The largest absolute Gasteiger partial charge is 0.383 e. The number of hydrogen-bond donors (Lipinski definition) is 0. The Kier molecular flexibility index (Phi) is 6.68. The lowest BCUT2D eigenvalue weighted by atomic mass is 10.3. The van der Waals surface area contributed by atoms with Crippen molar-refractivity contribution in [3.8, 4) is 0 Å². The lowest BCUT2D eigenvalue weighted by Crippen LogP contribution is -2.35. The van der Waals surface area contributed by atoms with Gasteiger partial charge in [-0.25, -0.2) is 12.8 Å². The van der Waals surface area contributed by atoms with Gasteiger partial charge in [-0.15, -0.1) is 0 Å². The summed E-state index contributed by atoms with van der Waals surface area (Å²) in [6, 6.07) is 3.27. The van der Waals surface area contributed by atoms with E-state index in [1.54, 1.807) is 0 Å². The zero-order valence-electron chi connectivity index (χ0n) is 10.3. The Hall–Kier alpha value is -0.210. The minimum atomic E-state index is -3.84. The molecule has 0 fully saturated rings. The first-order chi connectivity index (χ1) is 8.93. The molecule has 0 heterocycles. The minimum absolute atomic E-state index is 0.00149. The molecule has 1 aromatic carbocycles. The van der Waals surface area contributed by atoms with Crippen LogP contribution < -0.4 is 0 Å². The Balaban J connectivity index is 3.14. The van der Waals surface area contributed by atoms with Gasteiger partial charge in [-0.2, -0.15) is 4.31 Å². The molecule has 8 heteroatoms. The summed E-state index contributed by atoms with van der Waals surface area (Å²) in [6.45, 7) is 0.676. The maximum absolute atomic E-state index is 13.2. The molecule has 0 aliphatic carbocycles. The minimum Gasteiger partial charge on any atom is -0.383 e. The maximum atomic E-state index is 13.2. The van der Waals surface area contributed by atoms with E-state index >= 15 is 0 Å². The lowest BCUT2D eigenvalue weighted by molar-refractivity contribution is 0.180. The molecule has 0 aliphatic rings. The molecule has 19 heavy (non-hydrogen) atoms. The van der Waals surface area contributed by atoms with Gasteiger partial charge in [0, 0.05) is 25.5 Å². The van der Waals surface area contributed by atoms with Crippen LogP contribution in [0.1, 0.15) is 0 Å². The molecule has 1 aromatic rings. The summed E-state index contributed by atoms with van der Waals surface area (Å²) in [6.07, 6.45) is 0. The summed E-state index contributed by atoms with van der Waals surface area (Å²) in [5.41, 5.74) is 0. The topological polar surface area (TPSA) is 46.6 Å². The molecule has 108 valence electrons. The van der Waals surface area contributed by atoms with Crippen LogP contribution in [0.4, 0.5) is 4.39 Å². The zero-order chi connectivity index (χ0) is 14.5. The van der Waals surface area contributed by atoms with Gasteiger partial charge in [0.2, 0.25) is 10.0 Å². The lowest BCUT2D eigenvalue weighted by Gasteiger charge is -2.21. The zero-order valence-corrected chi connectivity index (χ0v) is 13.4. The number of halogens is 3. The molecule has 0 bridgehead atoms. The van der Waals surface area contributed by atoms with Gasteiger partial charge >= 0.3 is 0 Å². The number of ether oxygens (including phenoxy) is 1. The summed E-state index contributed by atoms with van der Waals surface area (Å²) in [4.78, 5) is -0.230. The van der Waals surface area contributed by atoms with E-state index in [0.717, 1.165) is 12.1 Å². The van der Waals surface area contributed by atoms with Crippen molar-refractivity contribution in [1.29, 1.82) is 0 Å². The standard InChI is InChI=1S/C11H14BrClFNO3S/c1-18-7-6-15(5-4-12)19(16,17)11-8-9(14)2-3-10(11)13/h2-3,8H,4-7H2,1H3. The normalized spacial score (nSPS) is 12.1. The van der Waals surface area contributed by atoms with Crippen LogP contribution in [-0.4, -0.2) is 44.9 Å². The summed E-state index contributed by atoms with van der Waals surface area (Å²) in [5, 5.41) is 0.460. The number of sulfonamides is 1. The molecular formula is C11H14BrClFNO3S. The van der Waals surface area contributed by atoms with Gasteiger partial charge < -0.3 is 4.74 Å². The number of hydrogen-bond acceptors (Lipinski definition) is 3. The second-order valence-corrected chi connectivity index (χ2v) is 6.77. The monoisotopic (exact) mass is 373 g/mol. The van der Waals surface area contributed by atoms with E-state index in [9.17, 15) is 12.8 Å². The van der Waals surface area contributed by atoms with E-state index in [0.29, 0.717) is 5.33 Å². The Bertz CT molecular complexity index is 527. The van der Waals surface area contributed by atoms with Gasteiger partial charge in [-0.1, -0.05) is 27.5 Å². The fourth-order valence-corrected chi connectivity index (χ4v) is 4.03. The van der Waals surface area contributed by atoms with Gasteiger partial charge in [-0.3, -0.25) is 0 Å². The highest BCUT2D eigenvalue weighted by Crippen LogP contribution is 2.25. The highest BCUT2D eigenvalue weighted by molar-refractivity contribution is 9.09. The Morgan fingerprint density at radius 1 is 1.42 bits per heavy atom. The third-order valence-electron chi connectivity index (χ3n) is 2.39. The molecule has 4 nitrogen and oxygen atoms in total. The van der Waals surface area contributed by atoms with E-state index < -0.39 is 15.8 Å². The SMILES string of the molecule is COCCN(CCBr)S(=O)(=O)c1cc(F)ccc1Cl. The smallest absolute Gasteiger partial charge is 0.244 e. The first-order valence-corrected chi connectivity index (χ1v) is 8.37. The van der Waals surface area contributed by atoms with Gasteiger partial charge in [0.1, 0.15) is 10.7 Å². The Labute approximate surface area is 125 Å². The molecule has 0 unspecified atom stereocenters. The van der Waals surface area contributed by atoms with Crippen molar-refractivity contribution in [2.75, 3.05) is 32.1 Å². The second-order valence-electron chi connectivity index (χ2n) is 3.66. The van der Waals surface area contributed by atoms with Gasteiger partial charge in [0.25, 0.3) is 0 Å². The molecule has 0 aliphatic heterocycles. The van der Waals surface area contributed by atoms with Gasteiger partial charge in [0.05, 0.1) is 11.6 Å². The van der Waals surface area contributed by atoms with Crippen molar-refractivity contribution in [3.63, 3.8) is 0 Å². The van der Waals surface area contributed by atoms with Crippen LogP contribution in [0.2, 0.25) is 5.02 Å². The van der Waals surface area contributed by atoms with Crippen molar-refractivity contribution in [2.24, 2.45) is 0 Å². The van der Waals surface area contributed by atoms with Crippen LogP contribution in [0.25, 0.3) is 0 Å². The summed E-state index contributed by atoms with van der Waals surface area (Å²) >= 11 is 9.03. The average Bonchev–Trinajstić information content (AvgIpc) is 2.37. The van der Waals surface area contributed by atoms with Crippen LogP contribution >= 0.6 is 27.5 Å². The van der Waals surface area contributed by atoms with Crippen molar-refractivity contribution in [1.82, 2.24) is 4.31 Å². The maximum Gasteiger partial charge on any atom is 0.244 e. The van der Waals surface area contributed by atoms with E-state index in [1.165, 1.54) is 17.5 Å². The molecule has 0 atom stereocenters. The van der Waals surface area contributed by atoms with E-state index in [4.69, 9.17) is 16.3 Å². The van der Waals surface area contributed by atoms with Crippen LogP contribution in [-0.2, 0) is 14.8 Å². The van der Waals surface area contributed by atoms with Crippen LogP contribution in [0.3, 0.4) is 0 Å². The molecule has 0 saturated heterocycles. The number of nitrogens with zero attached hydrogens (tertiary/aromatic N) is 1. The van der Waals surface area contributed by atoms with Crippen molar-refractivity contribution in [3.05, 3.63) is 29.0 Å². The highest BCUT2D eigenvalue weighted by atomic mass is 79.9. The van der Waals surface area contributed by atoms with E-state index in [-0.39, 0.29) is 29.6 Å². The van der Waals surface area contributed by atoms with Gasteiger partial charge in [0.15, 0.2) is 0 Å². The Morgan fingerprint density at radius 3 is 2.68 bits per heavy atom. The number of rotatable bonds is 7. The molecule has 0 saturated carbocycles. The predicted molar refractivity (Wildman–Crippen MR) is 75.8 cm³/mol. The fraction of sp³-hybridized carbons (Fsp3) is 0.455. The second kappa shape index (κ2) is 7.54. The van der Waals surface area contributed by atoms with E-state index in [2.05, 4.69) is 15.9 Å². The predicted octanol–water partition coefficient (Wildman–Crippen LogP) is 2.51. The molecule has 1 rings (SSSR count). The van der Waals surface area contributed by atoms with Crippen LogP contribution in [0, 0.1) is 5.82 Å². The Morgan fingerprint density at radius 2 is 2.11 bits per heavy atom. The number of methoxy groups -OCH3 is 1. The average molecular weight is 375 g/mol. The first-order valence-electron chi connectivity index (χ1n) is 5.43. The molecular weight excluding hydrogens is 361 g/mol. The summed E-state index contributed by atoms with van der Waals surface area (Å²) in [7, 11) is -2.36. The first kappa shape index (κ1) is 16.8. The van der Waals surface area contributed by atoms with Crippen molar-refractivity contribution >= 4 is 37.6 Å². The van der Waals surface area contributed by atoms with Gasteiger partial charge in [-0.05, 0) is 18.2 Å². The van der Waals surface area contributed by atoms with Crippen molar-refractivity contribution in [2.45, 2.75) is 4.90 Å². The van der Waals surface area contributed by atoms with Crippen molar-refractivity contribution < 1.29 is 17.5 Å². The molecule has 0 N–H and O–H groups in total. The summed E-state index contributed by atoms with van der Waals surface area (Å²) in [5.74, 6) is -0.645. The molecule has 0 aromatic heterocycles. The third-order valence-corrected chi connectivity index (χ3v) is 5.12. The highest BCUT2D eigenvalue weighted by Gasteiger charge is 2.26. The molecule has 0 amide bonds.